The molecule has 1 heterocycles. The molecule has 126 valence electrons. The Balaban J connectivity index is 2.22. The van der Waals surface area contributed by atoms with Crippen molar-refractivity contribution in [1.82, 2.24) is 0 Å². The molecule has 0 saturated carbocycles. The van der Waals surface area contributed by atoms with Gasteiger partial charge in [0, 0.05) is 19.9 Å². The molecule has 1 unspecified atom stereocenters. The fraction of sp³-hybridized carbons (Fsp3) is 0.278. The molecule has 0 aliphatic carbocycles. The van der Waals surface area contributed by atoms with Crippen LogP contribution in [0.5, 0.6) is 0 Å². The third-order valence-electron chi connectivity index (χ3n) is 4.19. The van der Waals surface area contributed by atoms with Crippen LogP contribution in [0.4, 0.5) is 11.4 Å². The van der Waals surface area contributed by atoms with Crippen LogP contribution < -0.4 is 10.2 Å². The number of carbonyl (C=O) groups is 1. The highest BCUT2D eigenvalue weighted by molar-refractivity contribution is 6.34. The fourth-order valence-corrected chi connectivity index (χ4v) is 3.37. The van der Waals surface area contributed by atoms with Crippen molar-refractivity contribution in [3.05, 3.63) is 59.1 Å². The maximum absolute atomic E-state index is 13.2. The summed E-state index contributed by atoms with van der Waals surface area (Å²) in [6, 6.07) is 14.6. The Morgan fingerprint density at radius 2 is 1.71 bits per heavy atom. The monoisotopic (exact) mass is 346 g/mol. The zero-order chi connectivity index (χ0) is 17.3. The molecule has 1 N–H and O–H groups in total. The number of hydrogen-bond donors (Lipinski definition) is 1. The van der Waals surface area contributed by atoms with Crippen molar-refractivity contribution in [2.75, 3.05) is 24.4 Å². The SMILES string of the molecule is COC(OC)C1(C)Nc2ccccc2C(=O)N1c1ccccc1Cl. The molecule has 0 radical (unpaired) electrons. The second-order valence-corrected chi connectivity index (χ2v) is 6.12. The van der Waals surface area contributed by atoms with E-state index in [0.29, 0.717) is 16.3 Å². The molecule has 0 spiro atoms. The van der Waals surface area contributed by atoms with E-state index in [4.69, 9.17) is 21.1 Å². The minimum Gasteiger partial charge on any atom is -0.358 e. The van der Waals surface area contributed by atoms with Crippen molar-refractivity contribution in [3.8, 4) is 0 Å². The van der Waals surface area contributed by atoms with E-state index in [-0.39, 0.29) is 5.91 Å². The van der Waals surface area contributed by atoms with Crippen molar-refractivity contribution in [1.29, 1.82) is 0 Å². The van der Waals surface area contributed by atoms with E-state index in [1.165, 1.54) is 14.2 Å². The van der Waals surface area contributed by atoms with Crippen LogP contribution in [0, 0.1) is 0 Å². The number of rotatable bonds is 4. The van der Waals surface area contributed by atoms with Gasteiger partial charge in [0.2, 0.25) is 0 Å². The average Bonchev–Trinajstić information content (AvgIpc) is 2.57. The molecule has 0 saturated heterocycles. The molecule has 0 fully saturated rings. The van der Waals surface area contributed by atoms with Crippen molar-refractivity contribution in [2.24, 2.45) is 0 Å². The fourth-order valence-electron chi connectivity index (χ4n) is 3.15. The molecule has 0 aromatic heterocycles. The third-order valence-corrected chi connectivity index (χ3v) is 4.51. The van der Waals surface area contributed by atoms with Gasteiger partial charge in [-0.2, -0.15) is 0 Å². The minimum atomic E-state index is -0.972. The lowest BCUT2D eigenvalue weighted by Gasteiger charge is -2.48. The highest BCUT2D eigenvalue weighted by Crippen LogP contribution is 2.40. The Labute approximate surface area is 146 Å². The number of amides is 1. The van der Waals surface area contributed by atoms with Gasteiger partial charge >= 0.3 is 0 Å². The highest BCUT2D eigenvalue weighted by Gasteiger charge is 2.49. The number of nitrogens with one attached hydrogen (secondary N) is 1. The quantitative estimate of drug-likeness (QED) is 0.857. The number of hydrogen-bond acceptors (Lipinski definition) is 4. The lowest BCUT2D eigenvalue weighted by molar-refractivity contribution is -0.135. The summed E-state index contributed by atoms with van der Waals surface area (Å²) in [5.41, 5.74) is 0.918. The zero-order valence-corrected chi connectivity index (χ0v) is 14.5. The molecular formula is C18H19ClN2O3. The Morgan fingerprint density at radius 1 is 1.08 bits per heavy atom. The van der Waals surface area contributed by atoms with Crippen molar-refractivity contribution < 1.29 is 14.3 Å². The second kappa shape index (κ2) is 6.43. The topological polar surface area (TPSA) is 50.8 Å². The Morgan fingerprint density at radius 3 is 2.38 bits per heavy atom. The number of halogens is 1. The summed E-state index contributed by atoms with van der Waals surface area (Å²) in [5.74, 6) is -0.168. The first-order valence-electron chi connectivity index (χ1n) is 7.55. The Hall–Kier alpha value is -2.08. The number of nitrogens with zero attached hydrogens (tertiary/aromatic N) is 1. The number of ether oxygens (including phenoxy) is 2. The van der Waals surface area contributed by atoms with Crippen LogP contribution in [0.3, 0.4) is 0 Å². The maximum Gasteiger partial charge on any atom is 0.262 e. The van der Waals surface area contributed by atoms with Gasteiger partial charge in [0.05, 0.1) is 16.3 Å². The summed E-state index contributed by atoms with van der Waals surface area (Å²) in [4.78, 5) is 14.8. The molecule has 1 atom stereocenters. The molecule has 1 aliphatic heterocycles. The van der Waals surface area contributed by atoms with E-state index in [9.17, 15) is 4.79 Å². The maximum atomic E-state index is 13.2. The first kappa shape index (κ1) is 16.8. The van der Waals surface area contributed by atoms with Crippen molar-refractivity contribution in [2.45, 2.75) is 18.9 Å². The van der Waals surface area contributed by atoms with Gasteiger partial charge in [0.1, 0.15) is 0 Å². The smallest absolute Gasteiger partial charge is 0.262 e. The first-order chi connectivity index (χ1) is 11.5. The summed E-state index contributed by atoms with van der Waals surface area (Å²) >= 11 is 6.37. The molecule has 2 aromatic carbocycles. The van der Waals surface area contributed by atoms with E-state index in [1.54, 1.807) is 23.1 Å². The van der Waals surface area contributed by atoms with Gasteiger partial charge in [-0.25, -0.2) is 0 Å². The van der Waals surface area contributed by atoms with Crippen LogP contribution in [0.2, 0.25) is 5.02 Å². The van der Waals surface area contributed by atoms with Gasteiger partial charge < -0.3 is 14.8 Å². The summed E-state index contributed by atoms with van der Waals surface area (Å²) in [5, 5.41) is 3.85. The van der Waals surface area contributed by atoms with Crippen LogP contribution in [-0.4, -0.2) is 32.1 Å². The van der Waals surface area contributed by atoms with E-state index >= 15 is 0 Å². The summed E-state index contributed by atoms with van der Waals surface area (Å²) in [6.07, 6.45) is -0.703. The van der Waals surface area contributed by atoms with Crippen LogP contribution >= 0.6 is 11.6 Å². The highest BCUT2D eigenvalue weighted by atomic mass is 35.5. The van der Waals surface area contributed by atoms with Gasteiger partial charge in [-0.05, 0) is 31.2 Å². The lowest BCUT2D eigenvalue weighted by atomic mass is 9.98. The van der Waals surface area contributed by atoms with Gasteiger partial charge in [0.25, 0.3) is 5.91 Å². The van der Waals surface area contributed by atoms with Gasteiger partial charge in [0.15, 0.2) is 12.0 Å². The standard InChI is InChI=1S/C18H19ClN2O3/c1-18(17(23-2)24-3)20-14-10-6-4-8-12(14)16(22)21(18)15-11-7-5-9-13(15)19/h4-11,17,20H,1-3H3. The van der Waals surface area contributed by atoms with E-state index in [0.717, 1.165) is 5.69 Å². The van der Waals surface area contributed by atoms with E-state index < -0.39 is 12.0 Å². The number of fused-ring (bicyclic) bond motifs is 1. The van der Waals surface area contributed by atoms with Gasteiger partial charge in [-0.15, -0.1) is 0 Å². The van der Waals surface area contributed by atoms with Crippen LogP contribution in [0.15, 0.2) is 48.5 Å². The predicted molar refractivity (Wildman–Crippen MR) is 94.5 cm³/mol. The van der Waals surface area contributed by atoms with Crippen LogP contribution in [0.1, 0.15) is 17.3 Å². The van der Waals surface area contributed by atoms with Crippen molar-refractivity contribution >= 4 is 28.9 Å². The molecular weight excluding hydrogens is 328 g/mol. The Kier molecular flexibility index (Phi) is 4.49. The van der Waals surface area contributed by atoms with Gasteiger partial charge in [-0.1, -0.05) is 35.9 Å². The lowest BCUT2D eigenvalue weighted by Crippen LogP contribution is -2.65. The zero-order valence-electron chi connectivity index (χ0n) is 13.7. The first-order valence-corrected chi connectivity index (χ1v) is 7.92. The second-order valence-electron chi connectivity index (χ2n) is 5.71. The van der Waals surface area contributed by atoms with E-state index in [1.807, 2.05) is 37.3 Å². The number of benzene rings is 2. The normalized spacial score (nSPS) is 20.0. The number of methoxy groups -OCH3 is 2. The number of anilines is 2. The van der Waals surface area contributed by atoms with Crippen LogP contribution in [-0.2, 0) is 9.47 Å². The molecule has 1 amide bonds. The number of para-hydroxylation sites is 2. The Bertz CT molecular complexity index is 763. The molecule has 2 aromatic rings. The average molecular weight is 347 g/mol. The molecule has 24 heavy (non-hydrogen) atoms. The molecule has 1 aliphatic rings. The van der Waals surface area contributed by atoms with Crippen LogP contribution in [0.25, 0.3) is 0 Å². The van der Waals surface area contributed by atoms with E-state index in [2.05, 4.69) is 5.32 Å². The summed E-state index contributed by atoms with van der Waals surface area (Å²) < 4.78 is 11.0. The predicted octanol–water partition coefficient (Wildman–Crippen LogP) is 3.75. The summed E-state index contributed by atoms with van der Waals surface area (Å²) in [6.45, 7) is 1.85. The third kappa shape index (κ3) is 2.55. The minimum absolute atomic E-state index is 0.168. The molecule has 3 rings (SSSR count). The summed E-state index contributed by atoms with van der Waals surface area (Å²) in [7, 11) is 3.08. The van der Waals surface area contributed by atoms with Gasteiger partial charge in [-0.3, -0.25) is 9.69 Å². The largest absolute Gasteiger partial charge is 0.358 e. The van der Waals surface area contributed by atoms with Crippen molar-refractivity contribution in [3.63, 3.8) is 0 Å². The molecule has 5 nitrogen and oxygen atoms in total. The molecule has 0 bridgehead atoms. The number of carbonyl (C=O) groups excluding carboxylic acids is 1. The molecule has 6 heteroatoms.